The summed E-state index contributed by atoms with van der Waals surface area (Å²) in [5.74, 6) is -0.345. The fourth-order valence-corrected chi connectivity index (χ4v) is 4.95. The maximum atomic E-state index is 13.5. The van der Waals surface area contributed by atoms with E-state index in [-0.39, 0.29) is 30.3 Å². The smallest absolute Gasteiger partial charge is 0.253 e. The Kier molecular flexibility index (Phi) is 7.20. The second-order valence-corrected chi connectivity index (χ2v) is 9.01. The maximum absolute atomic E-state index is 13.5. The molecular weight excluding hydrogens is 428 g/mol. The number of fused-ring (bicyclic) bond motifs is 3. The number of aryl methyl sites for hydroxylation is 1. The lowest BCUT2D eigenvalue weighted by Crippen LogP contribution is -2.57. The fourth-order valence-electron chi connectivity index (χ4n) is 4.95. The molecule has 0 bridgehead atoms. The van der Waals surface area contributed by atoms with Crippen molar-refractivity contribution in [2.45, 2.75) is 52.6 Å². The Morgan fingerprint density at radius 1 is 1.06 bits per heavy atom. The molecule has 1 saturated heterocycles. The Morgan fingerprint density at radius 3 is 2.56 bits per heavy atom. The van der Waals surface area contributed by atoms with E-state index in [4.69, 9.17) is 0 Å². The zero-order valence-corrected chi connectivity index (χ0v) is 20.3. The van der Waals surface area contributed by atoms with Crippen LogP contribution in [0.5, 0.6) is 0 Å². The van der Waals surface area contributed by atoms with E-state index in [1.165, 1.54) is 0 Å². The second-order valence-electron chi connectivity index (χ2n) is 9.01. The van der Waals surface area contributed by atoms with Crippen LogP contribution in [0.25, 0.3) is 0 Å². The van der Waals surface area contributed by atoms with E-state index >= 15 is 0 Å². The molecule has 1 atom stereocenters. The number of nitrogens with one attached hydrogen (secondary N) is 1. The number of hydrogen-bond acceptors (Lipinski definition) is 4. The Balaban J connectivity index is 1.61. The third kappa shape index (κ3) is 4.65. The van der Waals surface area contributed by atoms with Crippen molar-refractivity contribution >= 4 is 29.1 Å². The molecule has 2 heterocycles. The first-order chi connectivity index (χ1) is 16.4. The molecule has 0 aliphatic carbocycles. The van der Waals surface area contributed by atoms with E-state index in [0.717, 1.165) is 42.6 Å². The van der Waals surface area contributed by atoms with Gasteiger partial charge in [0.15, 0.2) is 0 Å². The van der Waals surface area contributed by atoms with Crippen molar-refractivity contribution in [3.05, 3.63) is 59.2 Å². The molecule has 0 aromatic heterocycles. The third-order valence-corrected chi connectivity index (χ3v) is 6.97. The summed E-state index contributed by atoms with van der Waals surface area (Å²) in [7, 11) is 0. The number of carbonyl (C=O) groups is 3. The van der Waals surface area contributed by atoms with Gasteiger partial charge in [0.1, 0.15) is 12.6 Å². The van der Waals surface area contributed by atoms with Gasteiger partial charge in [-0.3, -0.25) is 19.3 Å². The molecule has 0 saturated carbocycles. The summed E-state index contributed by atoms with van der Waals surface area (Å²) in [4.78, 5) is 45.0. The van der Waals surface area contributed by atoms with Crippen molar-refractivity contribution in [1.82, 2.24) is 10.2 Å². The first-order valence-corrected chi connectivity index (χ1v) is 12.3. The molecule has 1 fully saturated rings. The molecule has 1 N–H and O–H groups in total. The molecule has 0 spiro atoms. The predicted octanol–water partition coefficient (Wildman–Crippen LogP) is 3.50. The zero-order chi connectivity index (χ0) is 24.2. The molecule has 2 aromatic rings. The van der Waals surface area contributed by atoms with Gasteiger partial charge in [0, 0.05) is 31.7 Å². The molecule has 2 aliphatic heterocycles. The number of rotatable bonds is 7. The zero-order valence-electron chi connectivity index (χ0n) is 20.3. The van der Waals surface area contributed by atoms with Crippen molar-refractivity contribution < 1.29 is 14.4 Å². The van der Waals surface area contributed by atoms with Crippen LogP contribution in [0, 0.1) is 6.92 Å². The molecule has 4 rings (SSSR count). The lowest BCUT2D eigenvalue weighted by atomic mass is 9.95. The van der Waals surface area contributed by atoms with Crippen molar-refractivity contribution in [2.24, 2.45) is 0 Å². The van der Waals surface area contributed by atoms with Crippen molar-refractivity contribution in [1.29, 1.82) is 0 Å². The molecule has 3 amide bonds. The van der Waals surface area contributed by atoms with Gasteiger partial charge < -0.3 is 15.1 Å². The average Bonchev–Trinajstić information content (AvgIpc) is 2.86. The Bertz CT molecular complexity index is 1080. The number of benzene rings is 2. The monoisotopic (exact) mass is 462 g/mol. The highest BCUT2D eigenvalue weighted by molar-refractivity contribution is 6.09. The van der Waals surface area contributed by atoms with Gasteiger partial charge in [-0.2, -0.15) is 0 Å². The number of anilines is 2. The van der Waals surface area contributed by atoms with Gasteiger partial charge in [0.25, 0.3) is 5.91 Å². The van der Waals surface area contributed by atoms with E-state index < -0.39 is 0 Å². The van der Waals surface area contributed by atoms with Gasteiger partial charge in [0.05, 0.1) is 11.4 Å². The standard InChI is InChI=1S/C27H34N4O3/c1-4-29(5-2)26(33)20-13-14-22-24(16-20)31(27(34)23-12-8-9-15-30(22)23)18-25(32)28-17-21-11-7-6-10-19(21)3/h6-7,10-11,13-14,16,23H,4-5,8-9,12,15,17-18H2,1-3H3,(H,28,32). The minimum absolute atomic E-state index is 0.0642. The molecule has 180 valence electrons. The Morgan fingerprint density at radius 2 is 1.82 bits per heavy atom. The number of carbonyl (C=O) groups excluding carboxylic acids is 3. The number of amides is 3. The molecule has 0 radical (unpaired) electrons. The average molecular weight is 463 g/mol. The number of nitrogens with zero attached hydrogens (tertiary/aromatic N) is 3. The van der Waals surface area contributed by atoms with E-state index in [1.807, 2.05) is 57.2 Å². The van der Waals surface area contributed by atoms with Gasteiger partial charge in [-0.1, -0.05) is 24.3 Å². The molecular formula is C27H34N4O3. The number of piperidine rings is 1. The Hall–Kier alpha value is -3.35. The minimum Gasteiger partial charge on any atom is -0.358 e. The summed E-state index contributed by atoms with van der Waals surface area (Å²) < 4.78 is 0. The van der Waals surface area contributed by atoms with E-state index in [9.17, 15) is 14.4 Å². The topological polar surface area (TPSA) is 73.0 Å². The normalized spacial score (nSPS) is 17.1. The maximum Gasteiger partial charge on any atom is 0.253 e. The summed E-state index contributed by atoms with van der Waals surface area (Å²) in [6.45, 7) is 8.30. The van der Waals surface area contributed by atoms with Gasteiger partial charge in [-0.15, -0.1) is 0 Å². The van der Waals surface area contributed by atoms with Crippen LogP contribution in [0.3, 0.4) is 0 Å². The first-order valence-electron chi connectivity index (χ1n) is 12.3. The van der Waals surface area contributed by atoms with Crippen molar-refractivity contribution in [3.8, 4) is 0 Å². The minimum atomic E-state index is -0.255. The highest BCUT2D eigenvalue weighted by Gasteiger charge is 2.40. The lowest BCUT2D eigenvalue weighted by molar-refractivity contribution is -0.125. The highest BCUT2D eigenvalue weighted by atomic mass is 16.2. The van der Waals surface area contributed by atoms with Gasteiger partial charge in [-0.25, -0.2) is 0 Å². The largest absolute Gasteiger partial charge is 0.358 e. The summed E-state index contributed by atoms with van der Waals surface area (Å²) in [6.07, 6.45) is 2.80. The molecule has 2 aliphatic rings. The van der Waals surface area contributed by atoms with E-state index in [2.05, 4.69) is 10.2 Å². The fraction of sp³-hybridized carbons (Fsp3) is 0.444. The molecule has 7 nitrogen and oxygen atoms in total. The lowest BCUT2D eigenvalue weighted by Gasteiger charge is -2.45. The first kappa shape index (κ1) is 23.8. The highest BCUT2D eigenvalue weighted by Crippen LogP contribution is 2.40. The SMILES string of the molecule is CCN(CC)C(=O)c1ccc2c(c1)N(CC(=O)NCc1ccccc1C)C(=O)C1CCCCN21. The van der Waals surface area contributed by atoms with Crippen LogP contribution < -0.4 is 15.1 Å². The van der Waals surface area contributed by atoms with E-state index in [1.54, 1.807) is 15.9 Å². The second kappa shape index (κ2) is 10.3. The summed E-state index contributed by atoms with van der Waals surface area (Å²) in [5.41, 5.74) is 4.27. The van der Waals surface area contributed by atoms with Crippen LogP contribution >= 0.6 is 0 Å². The van der Waals surface area contributed by atoms with Crippen LogP contribution in [-0.4, -0.2) is 54.8 Å². The van der Waals surface area contributed by atoms with E-state index in [0.29, 0.717) is 30.9 Å². The summed E-state index contributed by atoms with van der Waals surface area (Å²) in [6, 6.07) is 13.2. The van der Waals surface area contributed by atoms with Gasteiger partial charge >= 0.3 is 0 Å². The van der Waals surface area contributed by atoms with Crippen LogP contribution in [0.4, 0.5) is 11.4 Å². The van der Waals surface area contributed by atoms with Gasteiger partial charge in [0.2, 0.25) is 11.8 Å². The van der Waals surface area contributed by atoms with Crippen LogP contribution in [0.15, 0.2) is 42.5 Å². The quantitative estimate of drug-likeness (QED) is 0.684. The Labute approximate surface area is 201 Å². The molecule has 1 unspecified atom stereocenters. The summed E-state index contributed by atoms with van der Waals surface area (Å²) in [5, 5.41) is 2.96. The predicted molar refractivity (Wildman–Crippen MR) is 134 cm³/mol. The van der Waals surface area contributed by atoms with Crippen LogP contribution in [-0.2, 0) is 16.1 Å². The van der Waals surface area contributed by atoms with Crippen LogP contribution in [0.2, 0.25) is 0 Å². The van der Waals surface area contributed by atoms with Gasteiger partial charge in [-0.05, 0) is 69.4 Å². The molecule has 2 aromatic carbocycles. The third-order valence-electron chi connectivity index (χ3n) is 6.97. The number of hydrogen-bond donors (Lipinski definition) is 1. The van der Waals surface area contributed by atoms with Crippen molar-refractivity contribution in [3.63, 3.8) is 0 Å². The van der Waals surface area contributed by atoms with Crippen LogP contribution in [0.1, 0.15) is 54.6 Å². The summed E-state index contributed by atoms with van der Waals surface area (Å²) >= 11 is 0. The molecule has 7 heteroatoms. The molecule has 34 heavy (non-hydrogen) atoms. The van der Waals surface area contributed by atoms with Crippen molar-refractivity contribution in [2.75, 3.05) is 36.0 Å².